The molecule has 5 nitrogen and oxygen atoms in total. The third kappa shape index (κ3) is 3.83. The highest BCUT2D eigenvalue weighted by molar-refractivity contribution is 6.01. The van der Waals surface area contributed by atoms with Crippen LogP contribution >= 0.6 is 0 Å². The van der Waals surface area contributed by atoms with Crippen LogP contribution in [0, 0.1) is 0 Å². The molecule has 2 fully saturated rings. The molecule has 0 spiro atoms. The molecular weight excluding hydrogens is 394 g/mol. The van der Waals surface area contributed by atoms with Gasteiger partial charge in [-0.25, -0.2) is 4.98 Å². The van der Waals surface area contributed by atoms with Gasteiger partial charge in [-0.15, -0.1) is 0 Å². The Balaban J connectivity index is 1.13. The zero-order chi connectivity index (χ0) is 21.3. The fourth-order valence-corrected chi connectivity index (χ4v) is 5.10. The van der Waals surface area contributed by atoms with Crippen molar-refractivity contribution in [1.82, 2.24) is 20.6 Å². The summed E-state index contributed by atoms with van der Waals surface area (Å²) in [5.41, 5.74) is 8.60. The maximum absolute atomic E-state index is 4.70. The fraction of sp³-hybridized carbons (Fsp3) is 0.333. The number of H-pyrrole nitrogens is 1. The van der Waals surface area contributed by atoms with E-state index in [0.717, 1.165) is 37.4 Å². The van der Waals surface area contributed by atoms with E-state index in [9.17, 15) is 0 Å². The summed E-state index contributed by atoms with van der Waals surface area (Å²) in [6.07, 6.45) is 9.82. The molecule has 3 aliphatic heterocycles. The van der Waals surface area contributed by atoms with Gasteiger partial charge in [-0.05, 0) is 66.6 Å². The second kappa shape index (κ2) is 8.49. The number of aliphatic imine (C=N–C) groups is 1. The smallest absolute Gasteiger partial charge is 0.123 e. The fourth-order valence-electron chi connectivity index (χ4n) is 5.10. The van der Waals surface area contributed by atoms with Crippen molar-refractivity contribution in [3.63, 3.8) is 0 Å². The Kier molecular flexibility index (Phi) is 5.21. The largest absolute Gasteiger partial charge is 0.341 e. The highest BCUT2D eigenvalue weighted by Gasteiger charge is 2.23. The van der Waals surface area contributed by atoms with E-state index in [1.807, 2.05) is 6.20 Å². The first-order valence-corrected chi connectivity index (χ1v) is 11.8. The first kappa shape index (κ1) is 19.6. The van der Waals surface area contributed by atoms with Crippen molar-refractivity contribution in [2.24, 2.45) is 4.99 Å². The quantitative estimate of drug-likeness (QED) is 0.535. The average Bonchev–Trinajstić information content (AvgIpc) is 3.66. The molecule has 1 aromatic heterocycles. The van der Waals surface area contributed by atoms with Gasteiger partial charge in [-0.2, -0.15) is 0 Å². The third-order valence-electron chi connectivity index (χ3n) is 6.99. The minimum absolute atomic E-state index is 0.368. The number of imidazole rings is 1. The van der Waals surface area contributed by atoms with E-state index >= 15 is 0 Å². The van der Waals surface area contributed by atoms with Gasteiger partial charge in [-0.3, -0.25) is 4.99 Å². The molecule has 2 saturated heterocycles. The number of hydrogen-bond donors (Lipinski definition) is 3. The van der Waals surface area contributed by atoms with Gasteiger partial charge in [0.1, 0.15) is 5.82 Å². The predicted octanol–water partition coefficient (Wildman–Crippen LogP) is 5.11. The Hall–Kier alpha value is -3.02. The number of aromatic amines is 1. The molecule has 0 aliphatic carbocycles. The van der Waals surface area contributed by atoms with Crippen LogP contribution in [0.5, 0.6) is 0 Å². The van der Waals surface area contributed by atoms with Crippen molar-refractivity contribution in [3.8, 4) is 22.4 Å². The van der Waals surface area contributed by atoms with Crippen LogP contribution in [-0.4, -0.2) is 34.8 Å². The predicted molar refractivity (Wildman–Crippen MR) is 130 cm³/mol. The molecule has 4 heterocycles. The van der Waals surface area contributed by atoms with E-state index in [4.69, 9.17) is 4.99 Å². The molecule has 3 N–H and O–H groups in total. The van der Waals surface area contributed by atoms with Crippen molar-refractivity contribution < 1.29 is 0 Å². The first-order chi connectivity index (χ1) is 15.8. The highest BCUT2D eigenvalue weighted by atomic mass is 15.0. The maximum atomic E-state index is 4.70. The van der Waals surface area contributed by atoms with Crippen molar-refractivity contribution in [1.29, 1.82) is 0 Å². The lowest BCUT2D eigenvalue weighted by Crippen LogP contribution is -2.29. The van der Waals surface area contributed by atoms with E-state index in [-0.39, 0.29) is 0 Å². The number of hydrogen-bond acceptors (Lipinski definition) is 4. The molecular formula is C27H29N5. The molecule has 6 rings (SSSR count). The summed E-state index contributed by atoms with van der Waals surface area (Å²) in [7, 11) is 0. The van der Waals surface area contributed by atoms with Crippen molar-refractivity contribution >= 4 is 11.3 Å². The first-order valence-electron chi connectivity index (χ1n) is 11.8. The zero-order valence-electron chi connectivity index (χ0n) is 18.3. The third-order valence-corrected chi connectivity index (χ3v) is 6.99. The second-order valence-electron chi connectivity index (χ2n) is 9.09. The van der Waals surface area contributed by atoms with Crippen LogP contribution in [0.4, 0.5) is 0 Å². The van der Waals surface area contributed by atoms with Crippen molar-refractivity contribution in [2.45, 2.75) is 44.2 Å². The van der Waals surface area contributed by atoms with Crippen molar-refractivity contribution in [2.75, 3.05) is 13.1 Å². The van der Waals surface area contributed by atoms with Crippen LogP contribution in [0.2, 0.25) is 0 Å². The van der Waals surface area contributed by atoms with Crippen LogP contribution in [0.3, 0.4) is 0 Å². The molecule has 162 valence electrons. The van der Waals surface area contributed by atoms with Crippen LogP contribution in [0.15, 0.2) is 65.9 Å². The van der Waals surface area contributed by atoms with Gasteiger partial charge in [0.15, 0.2) is 0 Å². The van der Waals surface area contributed by atoms with Gasteiger partial charge in [0.2, 0.25) is 0 Å². The van der Waals surface area contributed by atoms with Gasteiger partial charge in [-0.1, -0.05) is 48.5 Å². The van der Waals surface area contributed by atoms with Crippen LogP contribution < -0.4 is 10.6 Å². The number of nitrogens with one attached hydrogen (secondary N) is 3. The number of benzene rings is 2. The molecule has 0 amide bonds. The minimum Gasteiger partial charge on any atom is -0.341 e. The van der Waals surface area contributed by atoms with Gasteiger partial charge >= 0.3 is 0 Å². The van der Waals surface area contributed by atoms with E-state index < -0.39 is 0 Å². The van der Waals surface area contributed by atoms with E-state index in [1.165, 1.54) is 52.8 Å². The lowest BCUT2D eigenvalue weighted by atomic mass is 9.96. The Morgan fingerprint density at radius 2 is 1.34 bits per heavy atom. The lowest BCUT2D eigenvalue weighted by Gasteiger charge is -2.11. The lowest BCUT2D eigenvalue weighted by molar-refractivity contribution is 0.613. The van der Waals surface area contributed by atoms with Crippen LogP contribution in [0.1, 0.15) is 49.5 Å². The standard InChI is InChI=1S/C27H29N5/c1-3-23(28-13-1)25-15-22(16-30-25)20-7-5-18(6-8-20)19-9-11-21(12-10-19)26-17-31-27(32-26)24-4-2-14-29-24/h5-12,16-17,23-24,28-29H,1-4,13-15H2,(H,31,32)/t23-,24-/m1/s1. The molecule has 0 unspecified atom stereocenters. The van der Waals surface area contributed by atoms with Gasteiger partial charge in [0.25, 0.3) is 0 Å². The average molecular weight is 424 g/mol. The summed E-state index contributed by atoms with van der Waals surface area (Å²) in [4.78, 5) is 12.8. The SMILES string of the molecule is C1=C(c2ccc(-c3ccc(-c4cnc([C@H]5CCCN5)[nH]4)cc3)cc2)CC([C@H]2CCCN2)=N1. The molecule has 2 aromatic carbocycles. The summed E-state index contributed by atoms with van der Waals surface area (Å²) in [6, 6.07) is 18.5. The van der Waals surface area contributed by atoms with E-state index in [0.29, 0.717) is 12.1 Å². The Labute approximate surface area is 189 Å². The molecule has 0 saturated carbocycles. The summed E-state index contributed by atoms with van der Waals surface area (Å²) in [6.45, 7) is 2.20. The molecule has 3 aromatic rings. The topological polar surface area (TPSA) is 65.1 Å². The van der Waals surface area contributed by atoms with Gasteiger partial charge in [0, 0.05) is 24.4 Å². The molecule has 0 radical (unpaired) electrons. The Morgan fingerprint density at radius 1 is 0.719 bits per heavy atom. The summed E-state index contributed by atoms with van der Waals surface area (Å²) in [5.74, 6) is 1.05. The summed E-state index contributed by atoms with van der Waals surface area (Å²) in [5, 5.41) is 7.06. The molecule has 0 bridgehead atoms. The Bertz CT molecular complexity index is 1140. The zero-order valence-corrected chi connectivity index (χ0v) is 18.3. The van der Waals surface area contributed by atoms with Crippen molar-refractivity contribution in [3.05, 3.63) is 72.3 Å². The molecule has 2 atom stereocenters. The second-order valence-corrected chi connectivity index (χ2v) is 9.09. The molecule has 5 heteroatoms. The highest BCUT2D eigenvalue weighted by Crippen LogP contribution is 2.30. The number of aromatic nitrogens is 2. The van der Waals surface area contributed by atoms with E-state index in [2.05, 4.69) is 75.3 Å². The van der Waals surface area contributed by atoms with E-state index in [1.54, 1.807) is 0 Å². The summed E-state index contributed by atoms with van der Waals surface area (Å²) < 4.78 is 0. The minimum atomic E-state index is 0.368. The van der Waals surface area contributed by atoms with Crippen LogP contribution in [0.25, 0.3) is 28.0 Å². The maximum Gasteiger partial charge on any atom is 0.123 e. The number of allylic oxidation sites excluding steroid dienone is 1. The number of nitrogens with zero attached hydrogens (tertiary/aromatic N) is 2. The molecule has 32 heavy (non-hydrogen) atoms. The normalized spacial score (nSPS) is 22.9. The monoisotopic (exact) mass is 423 g/mol. The molecule has 3 aliphatic rings. The van der Waals surface area contributed by atoms with Gasteiger partial charge < -0.3 is 15.6 Å². The number of rotatable bonds is 5. The van der Waals surface area contributed by atoms with Crippen LogP contribution in [-0.2, 0) is 0 Å². The summed E-state index contributed by atoms with van der Waals surface area (Å²) >= 11 is 0. The Morgan fingerprint density at radius 3 is 2.00 bits per heavy atom. The van der Waals surface area contributed by atoms with Gasteiger partial charge in [0.05, 0.1) is 17.9 Å².